The van der Waals surface area contributed by atoms with E-state index in [9.17, 15) is 0 Å². The van der Waals surface area contributed by atoms with E-state index in [1.807, 2.05) is 18.2 Å². The van der Waals surface area contributed by atoms with Gasteiger partial charge in [-0.3, -0.25) is 15.0 Å². The fourth-order valence-electron chi connectivity index (χ4n) is 2.60. The monoisotopic (exact) mass is 369 g/mol. The summed E-state index contributed by atoms with van der Waals surface area (Å²) in [6, 6.07) is 5.73. The average molecular weight is 370 g/mol. The summed E-state index contributed by atoms with van der Waals surface area (Å²) in [4.78, 5) is 13.3. The van der Waals surface area contributed by atoms with Gasteiger partial charge in [-0.15, -0.1) is 0 Å². The molecule has 3 rings (SSSR count). The van der Waals surface area contributed by atoms with E-state index in [-0.39, 0.29) is 0 Å². The zero-order chi connectivity index (χ0) is 18.4. The zero-order valence-corrected chi connectivity index (χ0v) is 15.7. The van der Waals surface area contributed by atoms with E-state index in [0.29, 0.717) is 16.3 Å². The molecule has 0 aliphatic heterocycles. The molecule has 0 unspecified atom stereocenters. The Labute approximate surface area is 159 Å². The lowest BCUT2D eigenvalue weighted by molar-refractivity contribution is 0.883. The number of aromatic nitrogens is 2. The normalized spacial score (nSPS) is 14.8. The number of nitrogens with two attached hydrogens (primary N) is 1. The van der Waals surface area contributed by atoms with Gasteiger partial charge in [-0.2, -0.15) is 0 Å². The van der Waals surface area contributed by atoms with Crippen LogP contribution in [0, 0.1) is 5.92 Å². The molecule has 2 aromatic rings. The summed E-state index contributed by atoms with van der Waals surface area (Å²) in [5.41, 5.74) is 9.87. The van der Waals surface area contributed by atoms with Crippen molar-refractivity contribution in [3.8, 4) is 0 Å². The van der Waals surface area contributed by atoms with Crippen molar-refractivity contribution in [3.63, 3.8) is 0 Å². The third-order valence-corrected chi connectivity index (χ3v) is 4.53. The third-order valence-electron chi connectivity index (χ3n) is 4.24. The molecule has 2 heterocycles. The number of aliphatic imine (C=N–C) groups is 1. The molecule has 1 aliphatic carbocycles. The number of nitrogens with zero attached hydrogens (tertiary/aromatic N) is 3. The Morgan fingerprint density at radius 1 is 1.38 bits per heavy atom. The van der Waals surface area contributed by atoms with Crippen LogP contribution in [0.15, 0.2) is 41.8 Å². The molecule has 0 aromatic carbocycles. The van der Waals surface area contributed by atoms with Crippen molar-refractivity contribution in [1.82, 2.24) is 9.97 Å². The number of allylic oxidation sites excluding steroid dienone is 1. The van der Waals surface area contributed by atoms with Crippen LogP contribution in [-0.4, -0.2) is 22.7 Å². The summed E-state index contributed by atoms with van der Waals surface area (Å²) in [5.74, 6) is 0.790. The molecular weight excluding hydrogens is 346 g/mol. The van der Waals surface area contributed by atoms with Gasteiger partial charge in [0.25, 0.3) is 0 Å². The SMILES string of the molecule is CCCc1cc(N=CC(=CN)c2ncc(NCC3CC3)cc2Cl)ccn1. The number of halogens is 1. The maximum Gasteiger partial charge on any atom is 0.0919 e. The molecule has 2 aromatic heterocycles. The first-order valence-electron chi connectivity index (χ1n) is 9.00. The molecule has 0 radical (unpaired) electrons. The Morgan fingerprint density at radius 2 is 2.23 bits per heavy atom. The van der Waals surface area contributed by atoms with Crippen LogP contribution in [0.1, 0.15) is 37.6 Å². The van der Waals surface area contributed by atoms with E-state index in [2.05, 4.69) is 27.2 Å². The summed E-state index contributed by atoms with van der Waals surface area (Å²) in [6.45, 7) is 3.10. The van der Waals surface area contributed by atoms with Gasteiger partial charge in [-0.1, -0.05) is 24.9 Å². The minimum atomic E-state index is 0.551. The largest absolute Gasteiger partial charge is 0.404 e. The standard InChI is InChI=1S/C20H24ClN5/c1-2-3-16-8-17(6-7-23-16)25-12-15(10-22)20-19(21)9-18(13-26-20)24-11-14-4-5-14/h6-10,12-14,24H,2-5,11,22H2,1H3. The minimum Gasteiger partial charge on any atom is -0.404 e. The summed E-state index contributed by atoms with van der Waals surface area (Å²) in [5, 5.41) is 3.92. The fraction of sp³-hybridized carbons (Fsp3) is 0.350. The molecule has 0 amide bonds. The lowest BCUT2D eigenvalue weighted by Crippen LogP contribution is -2.04. The summed E-state index contributed by atoms with van der Waals surface area (Å²) < 4.78 is 0. The molecule has 1 aliphatic rings. The smallest absolute Gasteiger partial charge is 0.0919 e. The van der Waals surface area contributed by atoms with Crippen LogP contribution in [0.2, 0.25) is 5.02 Å². The Morgan fingerprint density at radius 3 is 2.92 bits per heavy atom. The zero-order valence-electron chi connectivity index (χ0n) is 15.0. The Bertz CT molecular complexity index is 812. The van der Waals surface area contributed by atoms with Crippen molar-refractivity contribution in [1.29, 1.82) is 0 Å². The van der Waals surface area contributed by atoms with Crippen LogP contribution in [0.3, 0.4) is 0 Å². The van der Waals surface area contributed by atoms with Crippen molar-refractivity contribution in [2.24, 2.45) is 16.6 Å². The van der Waals surface area contributed by atoms with Gasteiger partial charge in [0.05, 0.1) is 28.3 Å². The van der Waals surface area contributed by atoms with Gasteiger partial charge >= 0.3 is 0 Å². The van der Waals surface area contributed by atoms with Crippen LogP contribution < -0.4 is 11.1 Å². The second-order valence-electron chi connectivity index (χ2n) is 6.51. The van der Waals surface area contributed by atoms with E-state index in [0.717, 1.165) is 42.4 Å². The predicted octanol–water partition coefficient (Wildman–Crippen LogP) is 4.61. The highest BCUT2D eigenvalue weighted by atomic mass is 35.5. The van der Waals surface area contributed by atoms with Crippen LogP contribution in [0.25, 0.3) is 5.57 Å². The van der Waals surface area contributed by atoms with Gasteiger partial charge in [0, 0.05) is 36.4 Å². The molecular formula is C20H24ClN5. The number of rotatable bonds is 8. The van der Waals surface area contributed by atoms with Gasteiger partial charge in [0.15, 0.2) is 0 Å². The highest BCUT2D eigenvalue weighted by Crippen LogP contribution is 2.30. The molecule has 26 heavy (non-hydrogen) atoms. The van der Waals surface area contributed by atoms with E-state index < -0.39 is 0 Å². The first-order valence-corrected chi connectivity index (χ1v) is 9.38. The number of hydrogen-bond acceptors (Lipinski definition) is 5. The Kier molecular flexibility index (Phi) is 6.23. The number of hydrogen-bond donors (Lipinski definition) is 2. The number of pyridine rings is 2. The quantitative estimate of drug-likeness (QED) is 0.666. The van der Waals surface area contributed by atoms with Crippen molar-refractivity contribution in [2.75, 3.05) is 11.9 Å². The number of nitrogens with one attached hydrogen (secondary N) is 1. The lowest BCUT2D eigenvalue weighted by atomic mass is 10.2. The second kappa shape index (κ2) is 8.81. The van der Waals surface area contributed by atoms with E-state index >= 15 is 0 Å². The average Bonchev–Trinajstić information content (AvgIpc) is 3.47. The Hall–Kier alpha value is -2.40. The molecule has 5 nitrogen and oxygen atoms in total. The molecule has 1 fully saturated rings. The molecule has 0 bridgehead atoms. The van der Waals surface area contributed by atoms with Crippen LogP contribution in [0.5, 0.6) is 0 Å². The molecule has 1 saturated carbocycles. The van der Waals surface area contributed by atoms with E-state index in [1.54, 1.807) is 18.6 Å². The van der Waals surface area contributed by atoms with Crippen molar-refractivity contribution >= 4 is 34.8 Å². The van der Waals surface area contributed by atoms with Crippen LogP contribution in [0.4, 0.5) is 11.4 Å². The molecule has 6 heteroatoms. The van der Waals surface area contributed by atoms with Gasteiger partial charge in [-0.25, -0.2) is 0 Å². The van der Waals surface area contributed by atoms with Gasteiger partial charge in [-0.05, 0) is 43.4 Å². The maximum atomic E-state index is 6.41. The summed E-state index contributed by atoms with van der Waals surface area (Å²) in [7, 11) is 0. The molecule has 0 spiro atoms. The summed E-state index contributed by atoms with van der Waals surface area (Å²) >= 11 is 6.41. The highest BCUT2D eigenvalue weighted by Gasteiger charge is 2.20. The maximum absolute atomic E-state index is 6.41. The highest BCUT2D eigenvalue weighted by molar-refractivity contribution is 6.33. The topological polar surface area (TPSA) is 76.2 Å². The first-order chi connectivity index (χ1) is 12.7. The molecule has 136 valence electrons. The second-order valence-corrected chi connectivity index (χ2v) is 6.92. The van der Waals surface area contributed by atoms with Crippen LogP contribution >= 0.6 is 11.6 Å². The fourth-order valence-corrected chi connectivity index (χ4v) is 2.87. The lowest BCUT2D eigenvalue weighted by Gasteiger charge is -2.08. The van der Waals surface area contributed by atoms with Gasteiger partial charge in [0.1, 0.15) is 0 Å². The molecule has 0 atom stereocenters. The Balaban J connectivity index is 1.72. The molecule has 0 saturated heterocycles. The van der Waals surface area contributed by atoms with Gasteiger partial charge < -0.3 is 11.1 Å². The van der Waals surface area contributed by atoms with Crippen molar-refractivity contribution in [2.45, 2.75) is 32.6 Å². The number of aryl methyl sites for hydroxylation is 1. The first kappa shape index (κ1) is 18.4. The van der Waals surface area contributed by atoms with E-state index in [4.69, 9.17) is 17.3 Å². The third kappa shape index (κ3) is 5.05. The van der Waals surface area contributed by atoms with Crippen molar-refractivity contribution in [3.05, 3.63) is 53.2 Å². The van der Waals surface area contributed by atoms with Crippen LogP contribution in [-0.2, 0) is 6.42 Å². The molecule has 3 N–H and O–H groups in total. The van der Waals surface area contributed by atoms with Gasteiger partial charge in [0.2, 0.25) is 0 Å². The predicted molar refractivity (Wildman–Crippen MR) is 109 cm³/mol. The number of anilines is 1. The van der Waals surface area contributed by atoms with E-state index in [1.165, 1.54) is 19.0 Å². The minimum absolute atomic E-state index is 0.551. The van der Waals surface area contributed by atoms with Crippen molar-refractivity contribution < 1.29 is 0 Å². The summed E-state index contributed by atoms with van der Waals surface area (Å²) in [6.07, 6.45) is 11.3.